The second-order valence-corrected chi connectivity index (χ2v) is 5.07. The molecule has 4 nitrogen and oxygen atoms in total. The zero-order chi connectivity index (χ0) is 14.8. The summed E-state index contributed by atoms with van der Waals surface area (Å²) in [5.74, 6) is -0.318. The van der Waals surface area contributed by atoms with E-state index in [9.17, 15) is 9.59 Å². The van der Waals surface area contributed by atoms with Crippen molar-refractivity contribution in [3.8, 4) is 0 Å². The smallest absolute Gasteiger partial charge is 0.239 e. The Morgan fingerprint density at radius 3 is 2.40 bits per heavy atom. The van der Waals surface area contributed by atoms with Crippen LogP contribution >= 0.6 is 11.6 Å². The molecule has 0 aliphatic rings. The third-order valence-electron chi connectivity index (χ3n) is 2.83. The van der Waals surface area contributed by atoms with Crippen LogP contribution in [0.1, 0.15) is 31.7 Å². The minimum atomic E-state index is -0.170. The average Bonchev–Trinajstić information content (AvgIpc) is 2.44. The number of halogens is 1. The fourth-order valence-corrected chi connectivity index (χ4v) is 1.82. The van der Waals surface area contributed by atoms with Gasteiger partial charge in [-0.05, 0) is 24.1 Å². The largest absolute Gasteiger partial charge is 0.355 e. The Morgan fingerprint density at radius 2 is 1.75 bits per heavy atom. The normalized spacial score (nSPS) is 10.1. The van der Waals surface area contributed by atoms with Crippen LogP contribution in [-0.2, 0) is 16.0 Å². The minimum Gasteiger partial charge on any atom is -0.355 e. The monoisotopic (exact) mass is 296 g/mol. The predicted molar refractivity (Wildman–Crippen MR) is 80.7 cm³/mol. The highest BCUT2D eigenvalue weighted by molar-refractivity contribution is 6.30. The van der Waals surface area contributed by atoms with Crippen LogP contribution < -0.4 is 10.6 Å². The van der Waals surface area contributed by atoms with Gasteiger partial charge < -0.3 is 10.6 Å². The number of carbonyl (C=O) groups is 2. The average molecular weight is 297 g/mol. The molecule has 0 bridgehead atoms. The van der Waals surface area contributed by atoms with Gasteiger partial charge in [0.1, 0.15) is 0 Å². The standard InChI is InChI=1S/C15H21ClN2O2/c1-2-3-4-9-17-15(20)11-18-14(19)10-12-5-7-13(16)8-6-12/h5-8H,2-4,9-11H2,1H3,(H,17,20)(H,18,19). The Balaban J connectivity index is 2.19. The van der Waals surface area contributed by atoms with Gasteiger partial charge in [0.2, 0.25) is 11.8 Å². The maximum Gasteiger partial charge on any atom is 0.239 e. The van der Waals surface area contributed by atoms with Gasteiger partial charge in [0.05, 0.1) is 13.0 Å². The van der Waals surface area contributed by atoms with E-state index in [-0.39, 0.29) is 24.8 Å². The Hall–Kier alpha value is -1.55. The molecule has 1 aromatic carbocycles. The van der Waals surface area contributed by atoms with E-state index in [1.165, 1.54) is 0 Å². The van der Waals surface area contributed by atoms with Gasteiger partial charge in [-0.3, -0.25) is 9.59 Å². The second-order valence-electron chi connectivity index (χ2n) is 4.64. The van der Waals surface area contributed by atoms with Gasteiger partial charge in [-0.1, -0.05) is 43.5 Å². The summed E-state index contributed by atoms with van der Waals surface area (Å²) in [4.78, 5) is 23.1. The zero-order valence-electron chi connectivity index (χ0n) is 11.7. The molecule has 5 heteroatoms. The number of amides is 2. The highest BCUT2D eigenvalue weighted by Gasteiger charge is 2.06. The van der Waals surface area contributed by atoms with Gasteiger partial charge in [0.15, 0.2) is 0 Å². The number of unbranched alkanes of at least 4 members (excludes halogenated alkanes) is 2. The van der Waals surface area contributed by atoms with Crippen molar-refractivity contribution in [3.63, 3.8) is 0 Å². The van der Waals surface area contributed by atoms with Crippen molar-refractivity contribution in [3.05, 3.63) is 34.9 Å². The van der Waals surface area contributed by atoms with E-state index in [2.05, 4.69) is 17.6 Å². The fourth-order valence-electron chi connectivity index (χ4n) is 1.69. The van der Waals surface area contributed by atoms with E-state index in [1.807, 2.05) is 0 Å². The first kappa shape index (κ1) is 16.5. The number of hydrogen-bond donors (Lipinski definition) is 2. The summed E-state index contributed by atoms with van der Waals surface area (Å²) in [6.45, 7) is 2.80. The number of nitrogens with one attached hydrogen (secondary N) is 2. The molecule has 0 aliphatic heterocycles. The molecule has 0 aromatic heterocycles. The Bertz CT molecular complexity index is 432. The maximum absolute atomic E-state index is 11.7. The summed E-state index contributed by atoms with van der Waals surface area (Å²) >= 11 is 5.77. The van der Waals surface area contributed by atoms with Crippen LogP contribution in [-0.4, -0.2) is 24.9 Å². The lowest BCUT2D eigenvalue weighted by molar-refractivity contribution is -0.125. The van der Waals surface area contributed by atoms with E-state index in [1.54, 1.807) is 24.3 Å². The Labute approximate surface area is 124 Å². The molecular weight excluding hydrogens is 276 g/mol. The molecule has 1 rings (SSSR count). The lowest BCUT2D eigenvalue weighted by atomic mass is 10.1. The highest BCUT2D eigenvalue weighted by Crippen LogP contribution is 2.09. The number of rotatable bonds is 8. The molecule has 20 heavy (non-hydrogen) atoms. The van der Waals surface area contributed by atoms with E-state index in [4.69, 9.17) is 11.6 Å². The van der Waals surface area contributed by atoms with Crippen molar-refractivity contribution in [2.75, 3.05) is 13.1 Å². The molecule has 0 saturated carbocycles. The zero-order valence-corrected chi connectivity index (χ0v) is 12.5. The van der Waals surface area contributed by atoms with Crippen LogP contribution in [0.15, 0.2) is 24.3 Å². The molecule has 1 aromatic rings. The van der Waals surface area contributed by atoms with Crippen LogP contribution in [0.25, 0.3) is 0 Å². The van der Waals surface area contributed by atoms with Gasteiger partial charge in [-0.15, -0.1) is 0 Å². The van der Waals surface area contributed by atoms with Crippen molar-refractivity contribution < 1.29 is 9.59 Å². The van der Waals surface area contributed by atoms with Crippen molar-refractivity contribution in [2.45, 2.75) is 32.6 Å². The molecule has 0 radical (unpaired) electrons. The molecule has 0 atom stereocenters. The molecule has 0 spiro atoms. The van der Waals surface area contributed by atoms with E-state index >= 15 is 0 Å². The van der Waals surface area contributed by atoms with Gasteiger partial charge in [0.25, 0.3) is 0 Å². The minimum absolute atomic E-state index is 0.0263. The molecule has 0 saturated heterocycles. The summed E-state index contributed by atoms with van der Waals surface area (Å²) in [6.07, 6.45) is 3.44. The van der Waals surface area contributed by atoms with Crippen LogP contribution in [0.5, 0.6) is 0 Å². The summed E-state index contributed by atoms with van der Waals surface area (Å²) in [5, 5.41) is 6.01. The SMILES string of the molecule is CCCCCNC(=O)CNC(=O)Cc1ccc(Cl)cc1. The second kappa shape index (κ2) is 9.37. The molecule has 0 heterocycles. The maximum atomic E-state index is 11.7. The fraction of sp³-hybridized carbons (Fsp3) is 0.467. The summed E-state index contributed by atoms with van der Waals surface area (Å²) in [7, 11) is 0. The first-order valence-corrected chi connectivity index (χ1v) is 7.27. The van der Waals surface area contributed by atoms with Gasteiger partial charge >= 0.3 is 0 Å². The predicted octanol–water partition coefficient (Wildman–Crippen LogP) is 2.31. The van der Waals surface area contributed by atoms with Crippen LogP contribution in [0, 0.1) is 0 Å². The van der Waals surface area contributed by atoms with Crippen molar-refractivity contribution in [2.24, 2.45) is 0 Å². The summed E-state index contributed by atoms with van der Waals surface area (Å²) in [6, 6.07) is 7.08. The highest BCUT2D eigenvalue weighted by atomic mass is 35.5. The van der Waals surface area contributed by atoms with Crippen molar-refractivity contribution in [1.82, 2.24) is 10.6 Å². The quantitative estimate of drug-likeness (QED) is 0.723. The molecule has 2 N–H and O–H groups in total. The molecule has 0 aliphatic carbocycles. The van der Waals surface area contributed by atoms with Crippen molar-refractivity contribution >= 4 is 23.4 Å². The molecule has 0 unspecified atom stereocenters. The van der Waals surface area contributed by atoms with Crippen LogP contribution in [0.3, 0.4) is 0 Å². The lowest BCUT2D eigenvalue weighted by Crippen LogP contribution is -2.37. The first-order valence-electron chi connectivity index (χ1n) is 6.89. The van der Waals surface area contributed by atoms with E-state index in [0.717, 1.165) is 24.8 Å². The molecular formula is C15H21ClN2O2. The summed E-state index contributed by atoms with van der Waals surface area (Å²) in [5.41, 5.74) is 0.871. The van der Waals surface area contributed by atoms with E-state index < -0.39 is 0 Å². The molecule has 110 valence electrons. The lowest BCUT2D eigenvalue weighted by Gasteiger charge is -2.07. The topological polar surface area (TPSA) is 58.2 Å². The molecule has 2 amide bonds. The number of carbonyl (C=O) groups excluding carboxylic acids is 2. The first-order chi connectivity index (χ1) is 9.61. The van der Waals surface area contributed by atoms with Crippen LogP contribution in [0.2, 0.25) is 5.02 Å². The van der Waals surface area contributed by atoms with Gasteiger partial charge in [-0.25, -0.2) is 0 Å². The van der Waals surface area contributed by atoms with Gasteiger partial charge in [0, 0.05) is 11.6 Å². The Kier molecular flexibility index (Phi) is 7.73. The van der Waals surface area contributed by atoms with E-state index in [0.29, 0.717) is 11.6 Å². The van der Waals surface area contributed by atoms with Crippen LogP contribution in [0.4, 0.5) is 0 Å². The third-order valence-corrected chi connectivity index (χ3v) is 3.08. The summed E-state index contributed by atoms with van der Waals surface area (Å²) < 4.78 is 0. The van der Waals surface area contributed by atoms with Crippen molar-refractivity contribution in [1.29, 1.82) is 0 Å². The Morgan fingerprint density at radius 1 is 1.05 bits per heavy atom. The number of benzene rings is 1. The number of hydrogen-bond acceptors (Lipinski definition) is 2. The van der Waals surface area contributed by atoms with Gasteiger partial charge in [-0.2, -0.15) is 0 Å². The molecule has 0 fully saturated rings. The third kappa shape index (κ3) is 7.14.